The van der Waals surface area contributed by atoms with Crippen LogP contribution in [0.25, 0.3) is 0 Å². The first kappa shape index (κ1) is 16.0. The highest BCUT2D eigenvalue weighted by atomic mass is 79.9. The third-order valence-electron chi connectivity index (χ3n) is 2.60. The lowest BCUT2D eigenvalue weighted by molar-refractivity contribution is 0.402. The Balaban J connectivity index is 2.30. The van der Waals surface area contributed by atoms with Gasteiger partial charge in [-0.05, 0) is 28.1 Å². The number of aromatic amines is 1. The van der Waals surface area contributed by atoms with Gasteiger partial charge in [0.2, 0.25) is 10.0 Å². The zero-order valence-electron chi connectivity index (χ0n) is 10.8. The summed E-state index contributed by atoms with van der Waals surface area (Å²) in [6.45, 7) is -0.0276. The maximum Gasteiger partial charge on any atom is 0.304 e. The number of anilines is 1. The number of nitrogens with one attached hydrogen (secondary N) is 2. The molecule has 0 spiro atoms. The molecule has 1 aromatic heterocycles. The Kier molecular flexibility index (Phi) is 4.71. The van der Waals surface area contributed by atoms with Crippen molar-refractivity contribution in [3.63, 3.8) is 0 Å². The number of methoxy groups -OCH3 is 1. The van der Waals surface area contributed by atoms with Crippen LogP contribution in [-0.2, 0) is 16.6 Å². The summed E-state index contributed by atoms with van der Waals surface area (Å²) in [6, 6.07) is 2.79. The molecule has 0 saturated carbocycles. The highest BCUT2D eigenvalue weighted by molar-refractivity contribution is 9.10. The van der Waals surface area contributed by atoms with Crippen molar-refractivity contribution in [2.45, 2.75) is 11.4 Å². The molecule has 0 fully saturated rings. The van der Waals surface area contributed by atoms with Crippen LogP contribution in [0.15, 0.2) is 31.7 Å². The summed E-state index contributed by atoms with van der Waals surface area (Å²) in [5, 5.41) is 1.55. The summed E-state index contributed by atoms with van der Waals surface area (Å²) in [4.78, 5) is 13.2. The average Bonchev–Trinajstić information content (AvgIpc) is 2.85. The van der Waals surface area contributed by atoms with Crippen molar-refractivity contribution in [2.75, 3.05) is 12.8 Å². The van der Waals surface area contributed by atoms with Gasteiger partial charge in [0.25, 0.3) is 0 Å². The van der Waals surface area contributed by atoms with Crippen molar-refractivity contribution in [3.8, 4) is 5.75 Å². The maximum absolute atomic E-state index is 12.3. The number of benzene rings is 1. The Morgan fingerprint density at radius 2 is 2.19 bits per heavy atom. The molecule has 0 atom stereocenters. The quantitative estimate of drug-likeness (QED) is 0.661. The third kappa shape index (κ3) is 3.64. The second-order valence-electron chi connectivity index (χ2n) is 4.02. The van der Waals surface area contributed by atoms with E-state index in [1.807, 2.05) is 0 Å². The third-order valence-corrected chi connectivity index (χ3v) is 5.42. The molecule has 0 aliphatic rings. The van der Waals surface area contributed by atoms with Gasteiger partial charge in [0.15, 0.2) is 0 Å². The second kappa shape index (κ2) is 6.18. The van der Waals surface area contributed by atoms with Crippen LogP contribution < -0.4 is 20.1 Å². The fourth-order valence-electron chi connectivity index (χ4n) is 1.57. The van der Waals surface area contributed by atoms with Gasteiger partial charge >= 0.3 is 4.87 Å². The van der Waals surface area contributed by atoms with Gasteiger partial charge in [0, 0.05) is 21.2 Å². The normalized spacial score (nSPS) is 11.5. The Hall–Kier alpha value is -1.36. The first-order valence-corrected chi connectivity index (χ1v) is 8.78. The zero-order chi connectivity index (χ0) is 15.6. The van der Waals surface area contributed by atoms with Crippen molar-refractivity contribution < 1.29 is 13.2 Å². The minimum Gasteiger partial charge on any atom is -0.495 e. The number of H-pyrrole nitrogens is 1. The molecule has 0 radical (unpaired) electrons. The van der Waals surface area contributed by atoms with Crippen molar-refractivity contribution >= 4 is 43.0 Å². The standard InChI is InChI=1S/C11H12BrN3O4S2/c1-19-9-2-7(12)8(13)3-10(9)21(17,18)14-4-6-5-20-11(16)15-6/h2-3,5,14H,4,13H2,1H3,(H,15,16). The number of hydrogen-bond acceptors (Lipinski definition) is 6. The molecule has 4 N–H and O–H groups in total. The maximum atomic E-state index is 12.3. The number of sulfonamides is 1. The van der Waals surface area contributed by atoms with Gasteiger partial charge in [-0.2, -0.15) is 0 Å². The van der Waals surface area contributed by atoms with Gasteiger partial charge in [-0.3, -0.25) is 4.79 Å². The summed E-state index contributed by atoms with van der Waals surface area (Å²) in [5.41, 5.74) is 6.47. The van der Waals surface area contributed by atoms with E-state index in [0.717, 1.165) is 11.3 Å². The van der Waals surface area contributed by atoms with E-state index in [9.17, 15) is 13.2 Å². The molecule has 10 heteroatoms. The highest BCUT2D eigenvalue weighted by Crippen LogP contribution is 2.32. The van der Waals surface area contributed by atoms with Crippen LogP contribution in [0.4, 0.5) is 5.69 Å². The number of ether oxygens (including phenoxy) is 1. The van der Waals surface area contributed by atoms with E-state index in [2.05, 4.69) is 25.6 Å². The monoisotopic (exact) mass is 393 g/mol. The molecular weight excluding hydrogens is 382 g/mol. The molecule has 0 aliphatic carbocycles. The molecule has 1 heterocycles. The Bertz CT molecular complexity index is 813. The van der Waals surface area contributed by atoms with Crippen LogP contribution in [0.5, 0.6) is 5.75 Å². The van der Waals surface area contributed by atoms with Crippen molar-refractivity contribution in [2.24, 2.45) is 0 Å². The molecule has 2 aromatic rings. The minimum absolute atomic E-state index is 0.0276. The summed E-state index contributed by atoms with van der Waals surface area (Å²) in [6.07, 6.45) is 0. The van der Waals surface area contributed by atoms with E-state index >= 15 is 0 Å². The van der Waals surface area contributed by atoms with Crippen LogP contribution in [0.3, 0.4) is 0 Å². The lowest BCUT2D eigenvalue weighted by atomic mass is 10.3. The van der Waals surface area contributed by atoms with Gasteiger partial charge in [0.05, 0.1) is 13.7 Å². The van der Waals surface area contributed by atoms with Gasteiger partial charge in [-0.25, -0.2) is 13.1 Å². The number of hydrogen-bond donors (Lipinski definition) is 3. The SMILES string of the molecule is COc1cc(Br)c(N)cc1S(=O)(=O)NCc1csc(=O)[nH]1. The van der Waals surface area contributed by atoms with Gasteiger partial charge in [-0.1, -0.05) is 11.3 Å². The van der Waals surface area contributed by atoms with Gasteiger partial charge in [-0.15, -0.1) is 0 Å². The predicted molar refractivity (Wildman–Crippen MR) is 84.1 cm³/mol. The summed E-state index contributed by atoms with van der Waals surface area (Å²) in [5.74, 6) is 0.169. The second-order valence-corrected chi connectivity index (χ2v) is 7.45. The first-order chi connectivity index (χ1) is 9.83. The molecule has 0 unspecified atom stereocenters. The number of nitrogen functional groups attached to an aromatic ring is 1. The first-order valence-electron chi connectivity index (χ1n) is 5.63. The number of nitrogens with two attached hydrogens (primary N) is 1. The van der Waals surface area contributed by atoms with Gasteiger partial charge < -0.3 is 15.5 Å². The van der Waals surface area contributed by atoms with Crippen molar-refractivity contribution in [1.82, 2.24) is 9.71 Å². The number of halogens is 1. The van der Waals surface area contributed by atoms with E-state index in [1.165, 1.54) is 19.2 Å². The molecule has 0 bridgehead atoms. The van der Waals surface area contributed by atoms with Crippen molar-refractivity contribution in [1.29, 1.82) is 0 Å². The fourth-order valence-corrected chi connectivity index (χ4v) is 3.67. The molecule has 21 heavy (non-hydrogen) atoms. The largest absolute Gasteiger partial charge is 0.495 e. The van der Waals surface area contributed by atoms with Crippen LogP contribution in [0, 0.1) is 0 Å². The minimum atomic E-state index is -3.82. The molecule has 7 nitrogen and oxygen atoms in total. The summed E-state index contributed by atoms with van der Waals surface area (Å²) in [7, 11) is -2.46. The highest BCUT2D eigenvalue weighted by Gasteiger charge is 2.21. The van der Waals surface area contributed by atoms with Crippen LogP contribution in [0.1, 0.15) is 5.69 Å². The smallest absolute Gasteiger partial charge is 0.304 e. The summed E-state index contributed by atoms with van der Waals surface area (Å²) < 4.78 is 32.6. The molecule has 0 aliphatic heterocycles. The van der Waals surface area contributed by atoms with Crippen molar-refractivity contribution in [3.05, 3.63) is 37.3 Å². The van der Waals surface area contributed by atoms with E-state index in [4.69, 9.17) is 10.5 Å². The van der Waals surface area contributed by atoms with E-state index in [0.29, 0.717) is 10.2 Å². The molecular formula is C11H12BrN3O4S2. The lowest BCUT2D eigenvalue weighted by Gasteiger charge is -2.12. The van der Waals surface area contributed by atoms with Gasteiger partial charge in [0.1, 0.15) is 10.6 Å². The summed E-state index contributed by atoms with van der Waals surface area (Å²) >= 11 is 4.17. The van der Waals surface area contributed by atoms with Crippen LogP contribution >= 0.6 is 27.3 Å². The molecule has 0 amide bonds. The average molecular weight is 394 g/mol. The number of aromatic nitrogens is 1. The Morgan fingerprint density at radius 3 is 2.76 bits per heavy atom. The molecule has 1 aromatic carbocycles. The predicted octanol–water partition coefficient (Wildman–Crippen LogP) is 1.27. The van der Waals surface area contributed by atoms with Crippen LogP contribution in [0.2, 0.25) is 0 Å². The Morgan fingerprint density at radius 1 is 1.48 bits per heavy atom. The molecule has 2 rings (SSSR count). The fraction of sp³-hybridized carbons (Fsp3) is 0.182. The van der Waals surface area contributed by atoms with Crippen LogP contribution in [-0.4, -0.2) is 20.5 Å². The van der Waals surface area contributed by atoms with E-state index < -0.39 is 10.0 Å². The Labute approximate surface area is 133 Å². The molecule has 114 valence electrons. The van der Waals surface area contributed by atoms with E-state index in [1.54, 1.807) is 5.38 Å². The van der Waals surface area contributed by atoms with E-state index in [-0.39, 0.29) is 27.8 Å². The topological polar surface area (TPSA) is 114 Å². The number of thiazole rings is 1. The lowest BCUT2D eigenvalue weighted by Crippen LogP contribution is -2.24. The molecule has 0 saturated heterocycles. The zero-order valence-corrected chi connectivity index (χ0v) is 14.1. The number of rotatable bonds is 5.